The molecule has 0 radical (unpaired) electrons. The van der Waals surface area contributed by atoms with Crippen molar-refractivity contribution in [3.63, 3.8) is 0 Å². The molecule has 8 nitrogen and oxygen atoms in total. The van der Waals surface area contributed by atoms with Crippen molar-refractivity contribution < 1.29 is 33.6 Å². The van der Waals surface area contributed by atoms with Crippen LogP contribution >= 0.6 is 0 Å². The van der Waals surface area contributed by atoms with Gasteiger partial charge in [0.25, 0.3) is 0 Å². The van der Waals surface area contributed by atoms with Gasteiger partial charge in [-0.3, -0.25) is 5.32 Å². The molecule has 180 valence electrons. The second kappa shape index (κ2) is 11.1. The maximum Gasteiger partial charge on any atom is 0.410 e. The Kier molecular flexibility index (Phi) is 8.45. The lowest BCUT2D eigenvalue weighted by Crippen LogP contribution is -2.72. The zero-order valence-electron chi connectivity index (χ0n) is 19.5. The predicted molar refractivity (Wildman–Crippen MR) is 121 cm³/mol. The lowest BCUT2D eigenvalue weighted by molar-refractivity contribution is -0.332. The van der Waals surface area contributed by atoms with Gasteiger partial charge in [0.1, 0.15) is 17.8 Å². The number of rotatable bonds is 8. The van der Waals surface area contributed by atoms with E-state index in [9.17, 15) is 9.90 Å². The van der Waals surface area contributed by atoms with Crippen molar-refractivity contribution in [1.29, 1.82) is 0 Å². The van der Waals surface area contributed by atoms with Gasteiger partial charge in [0.2, 0.25) is 12.0 Å². The van der Waals surface area contributed by atoms with E-state index < -0.39 is 35.9 Å². The normalized spacial score (nSPS) is 25.4. The van der Waals surface area contributed by atoms with Gasteiger partial charge in [0.05, 0.1) is 19.8 Å². The largest absolute Gasteiger partial charge is 0.444 e. The Morgan fingerprint density at radius 3 is 2.09 bits per heavy atom. The molecule has 1 aliphatic rings. The van der Waals surface area contributed by atoms with Crippen LogP contribution in [0.15, 0.2) is 60.7 Å². The van der Waals surface area contributed by atoms with Gasteiger partial charge in [-0.25, -0.2) is 4.79 Å². The molecule has 2 aromatic carbocycles. The summed E-state index contributed by atoms with van der Waals surface area (Å²) in [5, 5.41) is 14.1. The summed E-state index contributed by atoms with van der Waals surface area (Å²) in [4.78, 5) is 12.6. The predicted octanol–water partition coefficient (Wildman–Crippen LogP) is 3.37. The molecule has 1 fully saturated rings. The quantitative estimate of drug-likeness (QED) is 0.585. The van der Waals surface area contributed by atoms with Crippen LogP contribution in [0.2, 0.25) is 0 Å². The Labute approximate surface area is 194 Å². The first-order valence-electron chi connectivity index (χ1n) is 10.9. The minimum absolute atomic E-state index is 0.100. The molecule has 1 saturated heterocycles. The summed E-state index contributed by atoms with van der Waals surface area (Å²) >= 11 is 0. The van der Waals surface area contributed by atoms with E-state index in [1.54, 1.807) is 20.8 Å². The first-order valence-corrected chi connectivity index (χ1v) is 10.9. The molecule has 2 N–H and O–H groups in total. The smallest absolute Gasteiger partial charge is 0.410 e. The van der Waals surface area contributed by atoms with Gasteiger partial charge in [-0.05, 0) is 31.9 Å². The van der Waals surface area contributed by atoms with Gasteiger partial charge < -0.3 is 28.8 Å². The molecule has 0 spiro atoms. The van der Waals surface area contributed by atoms with Crippen molar-refractivity contribution in [2.75, 3.05) is 13.7 Å². The lowest BCUT2D eigenvalue weighted by atomic mass is 9.97. The van der Waals surface area contributed by atoms with E-state index in [1.165, 1.54) is 7.11 Å². The third kappa shape index (κ3) is 6.99. The van der Waals surface area contributed by atoms with Crippen LogP contribution in [-0.4, -0.2) is 54.7 Å². The molecule has 8 heteroatoms. The summed E-state index contributed by atoms with van der Waals surface area (Å²) in [6, 6.07) is 19.2. The van der Waals surface area contributed by atoms with Gasteiger partial charge in [-0.2, -0.15) is 0 Å². The SMILES string of the molecule is CO[C@@H]1OC[C@H](OCc2ccccc2)[C@H](OCc2ccccc2)[C@]1(O)NC(=O)OC(C)(C)C. The third-order valence-electron chi connectivity index (χ3n) is 5.04. The highest BCUT2D eigenvalue weighted by Gasteiger charge is 2.56. The fraction of sp³-hybridized carbons (Fsp3) is 0.480. The van der Waals surface area contributed by atoms with Gasteiger partial charge in [-0.1, -0.05) is 60.7 Å². The van der Waals surface area contributed by atoms with Crippen LogP contribution in [0, 0.1) is 0 Å². The number of alkyl carbamates (subject to hydrolysis) is 1. The first kappa shape index (κ1) is 25.1. The van der Waals surface area contributed by atoms with E-state index in [1.807, 2.05) is 60.7 Å². The highest BCUT2D eigenvalue weighted by molar-refractivity contribution is 5.68. The molecule has 1 heterocycles. The number of hydrogen-bond acceptors (Lipinski definition) is 7. The highest BCUT2D eigenvalue weighted by atomic mass is 16.7. The van der Waals surface area contributed by atoms with Crippen LogP contribution in [-0.2, 0) is 36.9 Å². The van der Waals surface area contributed by atoms with Crippen molar-refractivity contribution in [2.24, 2.45) is 0 Å². The zero-order chi connectivity index (χ0) is 23.9. The Morgan fingerprint density at radius 2 is 1.58 bits per heavy atom. The number of carbonyl (C=O) groups excluding carboxylic acids is 1. The van der Waals surface area contributed by atoms with Crippen LogP contribution in [0.3, 0.4) is 0 Å². The number of amides is 1. The monoisotopic (exact) mass is 459 g/mol. The highest BCUT2D eigenvalue weighted by Crippen LogP contribution is 2.31. The maximum atomic E-state index is 12.6. The van der Waals surface area contributed by atoms with E-state index >= 15 is 0 Å². The molecule has 0 unspecified atom stereocenters. The van der Waals surface area contributed by atoms with Gasteiger partial charge in [0.15, 0.2) is 0 Å². The van der Waals surface area contributed by atoms with E-state index in [2.05, 4.69) is 5.32 Å². The summed E-state index contributed by atoms with van der Waals surface area (Å²) < 4.78 is 28.6. The van der Waals surface area contributed by atoms with Crippen LogP contribution in [0.4, 0.5) is 4.79 Å². The van der Waals surface area contributed by atoms with Crippen molar-refractivity contribution in [1.82, 2.24) is 5.32 Å². The van der Waals surface area contributed by atoms with E-state index in [-0.39, 0.29) is 19.8 Å². The average Bonchev–Trinajstić information content (AvgIpc) is 2.77. The second-order valence-electron chi connectivity index (χ2n) is 8.91. The summed E-state index contributed by atoms with van der Waals surface area (Å²) in [5.74, 6) is 0. The summed E-state index contributed by atoms with van der Waals surface area (Å²) in [7, 11) is 1.38. The Balaban J connectivity index is 1.83. The molecule has 1 amide bonds. The minimum atomic E-state index is -2.06. The fourth-order valence-corrected chi connectivity index (χ4v) is 3.57. The zero-order valence-corrected chi connectivity index (χ0v) is 19.5. The first-order chi connectivity index (χ1) is 15.7. The standard InChI is InChI=1S/C25H33NO7/c1-24(2,3)33-23(27)26-25(28)21(31-16-19-13-9-6-10-14-19)20(17-32-22(25)29-4)30-15-18-11-7-5-8-12-18/h5-14,20-22,28H,15-17H2,1-4H3,(H,26,27)/t20-,21-,22+,25+/m0/s1. The van der Waals surface area contributed by atoms with E-state index in [0.29, 0.717) is 0 Å². The maximum absolute atomic E-state index is 12.6. The lowest BCUT2D eigenvalue weighted by Gasteiger charge is -2.47. The third-order valence-corrected chi connectivity index (χ3v) is 5.04. The van der Waals surface area contributed by atoms with E-state index in [0.717, 1.165) is 11.1 Å². The fourth-order valence-electron chi connectivity index (χ4n) is 3.57. The summed E-state index contributed by atoms with van der Waals surface area (Å²) in [5.41, 5.74) is -0.968. The van der Waals surface area contributed by atoms with Crippen LogP contribution < -0.4 is 5.32 Å². The van der Waals surface area contributed by atoms with Crippen molar-refractivity contribution in [3.8, 4) is 0 Å². The second-order valence-corrected chi connectivity index (χ2v) is 8.91. The molecule has 4 atom stereocenters. The van der Waals surface area contributed by atoms with Gasteiger partial charge in [0, 0.05) is 7.11 Å². The molecule has 0 saturated carbocycles. The summed E-state index contributed by atoms with van der Waals surface area (Å²) in [6.07, 6.45) is -3.72. The molecular weight excluding hydrogens is 426 g/mol. The van der Waals surface area contributed by atoms with Crippen molar-refractivity contribution in [2.45, 2.75) is 63.8 Å². The summed E-state index contributed by atoms with van der Waals surface area (Å²) in [6.45, 7) is 5.76. The number of nitrogens with one attached hydrogen (secondary N) is 1. The van der Waals surface area contributed by atoms with Crippen molar-refractivity contribution >= 4 is 6.09 Å². The Morgan fingerprint density at radius 1 is 1.03 bits per heavy atom. The molecule has 0 bridgehead atoms. The number of ether oxygens (including phenoxy) is 5. The number of aliphatic hydroxyl groups is 1. The van der Waals surface area contributed by atoms with Gasteiger partial charge in [-0.15, -0.1) is 0 Å². The number of methoxy groups -OCH3 is 1. The Bertz CT molecular complexity index is 871. The van der Waals surface area contributed by atoms with Crippen LogP contribution in [0.25, 0.3) is 0 Å². The van der Waals surface area contributed by atoms with E-state index in [4.69, 9.17) is 23.7 Å². The molecule has 0 aliphatic carbocycles. The van der Waals surface area contributed by atoms with Gasteiger partial charge >= 0.3 is 6.09 Å². The average molecular weight is 460 g/mol. The molecule has 1 aliphatic heterocycles. The number of benzene rings is 2. The topological polar surface area (TPSA) is 95.5 Å². The minimum Gasteiger partial charge on any atom is -0.444 e. The molecule has 2 aromatic rings. The number of hydrogen-bond donors (Lipinski definition) is 2. The molecular formula is C25H33NO7. The molecule has 3 rings (SSSR count). The number of carbonyl (C=O) groups is 1. The van der Waals surface area contributed by atoms with Crippen molar-refractivity contribution in [3.05, 3.63) is 71.8 Å². The Hall–Kier alpha value is -2.49. The molecule has 33 heavy (non-hydrogen) atoms. The van der Waals surface area contributed by atoms with Crippen LogP contribution in [0.5, 0.6) is 0 Å². The molecule has 0 aromatic heterocycles. The van der Waals surface area contributed by atoms with Crippen LogP contribution in [0.1, 0.15) is 31.9 Å².